The molecule has 2 amide bonds. The van der Waals surface area contributed by atoms with Gasteiger partial charge in [-0.05, 0) is 30.3 Å². The van der Waals surface area contributed by atoms with Crippen LogP contribution in [0.15, 0.2) is 59.5 Å². The summed E-state index contributed by atoms with van der Waals surface area (Å²) < 4.78 is 10.7. The minimum absolute atomic E-state index is 0.115. The van der Waals surface area contributed by atoms with E-state index < -0.39 is 17.8 Å². The van der Waals surface area contributed by atoms with E-state index in [-0.39, 0.29) is 35.7 Å². The highest BCUT2D eigenvalue weighted by atomic mass is 16.5. The molecule has 0 aliphatic carbocycles. The molecule has 0 saturated heterocycles. The molecule has 1 aliphatic heterocycles. The number of carbonyl (C=O) groups excluding carboxylic acids is 3. The van der Waals surface area contributed by atoms with E-state index in [0.717, 1.165) is 4.90 Å². The third-order valence-electron chi connectivity index (χ3n) is 4.18. The van der Waals surface area contributed by atoms with E-state index in [0.29, 0.717) is 11.1 Å². The molecule has 1 aromatic heterocycles. The first-order valence-electron chi connectivity index (χ1n) is 8.21. The molecule has 1 aliphatic rings. The van der Waals surface area contributed by atoms with E-state index in [4.69, 9.17) is 9.15 Å². The van der Waals surface area contributed by atoms with Gasteiger partial charge in [0.25, 0.3) is 11.8 Å². The Balaban J connectivity index is 1.51. The SMILES string of the molecule is C=CCN1C(=O)c2ccc(C(=O)OCc3nc4ccccc4o3)cc2C1=O. The molecule has 3 aromatic rings. The number of para-hydroxylation sites is 2. The second-order valence-corrected chi connectivity index (χ2v) is 5.92. The summed E-state index contributed by atoms with van der Waals surface area (Å²) in [6.45, 7) is 3.51. The summed E-state index contributed by atoms with van der Waals surface area (Å²) in [4.78, 5) is 42.1. The molecule has 134 valence electrons. The van der Waals surface area contributed by atoms with Crippen molar-refractivity contribution in [2.45, 2.75) is 6.61 Å². The van der Waals surface area contributed by atoms with E-state index in [9.17, 15) is 14.4 Å². The van der Waals surface area contributed by atoms with Gasteiger partial charge in [-0.15, -0.1) is 6.58 Å². The number of amides is 2. The predicted octanol–water partition coefficient (Wildman–Crippen LogP) is 2.97. The van der Waals surface area contributed by atoms with Crippen LogP contribution in [0, 0.1) is 0 Å². The highest BCUT2D eigenvalue weighted by Crippen LogP contribution is 2.24. The van der Waals surface area contributed by atoms with Crippen LogP contribution >= 0.6 is 0 Å². The van der Waals surface area contributed by atoms with Crippen molar-refractivity contribution >= 4 is 28.9 Å². The number of oxazole rings is 1. The highest BCUT2D eigenvalue weighted by molar-refractivity contribution is 6.22. The second kappa shape index (κ2) is 6.53. The molecule has 0 saturated carbocycles. The summed E-state index contributed by atoms with van der Waals surface area (Å²) in [7, 11) is 0. The number of rotatable bonds is 5. The van der Waals surface area contributed by atoms with Gasteiger partial charge in [0.1, 0.15) is 5.52 Å². The van der Waals surface area contributed by atoms with Crippen molar-refractivity contribution < 1.29 is 23.5 Å². The van der Waals surface area contributed by atoms with Crippen molar-refractivity contribution in [3.8, 4) is 0 Å². The van der Waals surface area contributed by atoms with E-state index in [1.165, 1.54) is 24.3 Å². The average Bonchev–Trinajstić information content (AvgIpc) is 3.20. The third-order valence-corrected chi connectivity index (χ3v) is 4.18. The molecule has 27 heavy (non-hydrogen) atoms. The van der Waals surface area contributed by atoms with Gasteiger partial charge in [-0.25, -0.2) is 9.78 Å². The van der Waals surface area contributed by atoms with Gasteiger partial charge < -0.3 is 9.15 Å². The number of nitrogens with zero attached hydrogens (tertiary/aromatic N) is 2. The summed E-state index contributed by atoms with van der Waals surface area (Å²) in [5, 5.41) is 0. The zero-order chi connectivity index (χ0) is 19.0. The first-order chi connectivity index (χ1) is 13.1. The molecule has 2 heterocycles. The van der Waals surface area contributed by atoms with Crippen molar-refractivity contribution in [3.63, 3.8) is 0 Å². The standard InChI is InChI=1S/C20H14N2O5/c1-2-9-22-18(23)13-8-7-12(10-14(13)19(22)24)20(25)26-11-17-21-15-5-3-4-6-16(15)27-17/h2-8,10H,1,9,11H2. The smallest absolute Gasteiger partial charge is 0.338 e. The van der Waals surface area contributed by atoms with E-state index in [1.54, 1.807) is 12.1 Å². The lowest BCUT2D eigenvalue weighted by atomic mass is 10.1. The monoisotopic (exact) mass is 362 g/mol. The van der Waals surface area contributed by atoms with Crippen molar-refractivity contribution in [2.24, 2.45) is 0 Å². The summed E-state index contributed by atoms with van der Waals surface area (Å²) >= 11 is 0. The summed E-state index contributed by atoms with van der Waals surface area (Å²) in [5.41, 5.74) is 1.89. The fourth-order valence-corrected chi connectivity index (χ4v) is 2.90. The Morgan fingerprint density at radius 2 is 1.93 bits per heavy atom. The molecule has 0 radical (unpaired) electrons. The van der Waals surface area contributed by atoms with Gasteiger partial charge in [-0.1, -0.05) is 18.2 Å². The number of carbonyl (C=O) groups is 3. The summed E-state index contributed by atoms with van der Waals surface area (Å²) in [5.74, 6) is -1.22. The topological polar surface area (TPSA) is 89.7 Å². The molecule has 0 spiro atoms. The number of esters is 1. The van der Waals surface area contributed by atoms with Crippen LogP contribution in [0.5, 0.6) is 0 Å². The lowest BCUT2D eigenvalue weighted by molar-refractivity contribution is 0.0440. The van der Waals surface area contributed by atoms with Crippen LogP contribution in [0.25, 0.3) is 11.1 Å². The van der Waals surface area contributed by atoms with Crippen molar-refractivity contribution in [1.82, 2.24) is 9.88 Å². The zero-order valence-corrected chi connectivity index (χ0v) is 14.2. The van der Waals surface area contributed by atoms with E-state index in [1.807, 2.05) is 12.1 Å². The lowest BCUT2D eigenvalue weighted by Crippen LogP contribution is -2.29. The molecule has 0 unspecified atom stereocenters. The molecule has 7 nitrogen and oxygen atoms in total. The Bertz CT molecular complexity index is 1070. The Morgan fingerprint density at radius 3 is 2.70 bits per heavy atom. The Hall–Kier alpha value is -3.74. The van der Waals surface area contributed by atoms with E-state index in [2.05, 4.69) is 11.6 Å². The second-order valence-electron chi connectivity index (χ2n) is 5.92. The maximum atomic E-state index is 12.3. The fourth-order valence-electron chi connectivity index (χ4n) is 2.90. The number of hydrogen-bond acceptors (Lipinski definition) is 6. The van der Waals surface area contributed by atoms with E-state index >= 15 is 0 Å². The molecule has 2 aromatic carbocycles. The molecule has 0 bridgehead atoms. The Labute approximate surface area is 153 Å². The maximum Gasteiger partial charge on any atom is 0.338 e. The Kier molecular flexibility index (Phi) is 4.04. The summed E-state index contributed by atoms with van der Waals surface area (Å²) in [6, 6.07) is 11.5. The molecular formula is C20H14N2O5. The molecular weight excluding hydrogens is 348 g/mol. The molecule has 0 fully saturated rings. The number of hydrogen-bond donors (Lipinski definition) is 0. The van der Waals surface area contributed by atoms with Gasteiger partial charge in [-0.2, -0.15) is 0 Å². The average molecular weight is 362 g/mol. The number of aromatic nitrogens is 1. The van der Waals surface area contributed by atoms with Crippen LogP contribution in [0.4, 0.5) is 0 Å². The largest absolute Gasteiger partial charge is 0.452 e. The van der Waals surface area contributed by atoms with Gasteiger partial charge in [-0.3, -0.25) is 14.5 Å². The third kappa shape index (κ3) is 2.89. The molecule has 7 heteroatoms. The van der Waals surface area contributed by atoms with Crippen LogP contribution < -0.4 is 0 Å². The van der Waals surface area contributed by atoms with Crippen molar-refractivity contribution in [2.75, 3.05) is 6.54 Å². The Morgan fingerprint density at radius 1 is 1.15 bits per heavy atom. The normalized spacial score (nSPS) is 13.1. The van der Waals surface area contributed by atoms with Crippen LogP contribution in [0.3, 0.4) is 0 Å². The predicted molar refractivity (Wildman–Crippen MR) is 95.1 cm³/mol. The van der Waals surface area contributed by atoms with Crippen LogP contribution in [0.1, 0.15) is 37.0 Å². The fraction of sp³-hybridized carbons (Fsp3) is 0.100. The molecule has 0 N–H and O–H groups in total. The number of ether oxygens (including phenoxy) is 1. The first kappa shape index (κ1) is 16.7. The van der Waals surface area contributed by atoms with Gasteiger partial charge in [0.05, 0.1) is 16.7 Å². The van der Waals surface area contributed by atoms with Crippen LogP contribution in [-0.2, 0) is 11.3 Å². The van der Waals surface area contributed by atoms with Gasteiger partial charge in [0.15, 0.2) is 12.2 Å². The first-order valence-corrected chi connectivity index (χ1v) is 8.21. The van der Waals surface area contributed by atoms with Crippen molar-refractivity contribution in [3.05, 3.63) is 77.7 Å². The van der Waals surface area contributed by atoms with Gasteiger partial charge in [0, 0.05) is 6.54 Å². The number of benzene rings is 2. The lowest BCUT2D eigenvalue weighted by Gasteiger charge is -2.09. The summed E-state index contributed by atoms with van der Waals surface area (Å²) in [6.07, 6.45) is 1.47. The van der Waals surface area contributed by atoms with Crippen LogP contribution in [-0.4, -0.2) is 34.2 Å². The highest BCUT2D eigenvalue weighted by Gasteiger charge is 2.35. The zero-order valence-electron chi connectivity index (χ0n) is 14.2. The minimum Gasteiger partial charge on any atom is -0.452 e. The minimum atomic E-state index is -0.637. The van der Waals surface area contributed by atoms with Crippen molar-refractivity contribution in [1.29, 1.82) is 0 Å². The maximum absolute atomic E-state index is 12.3. The van der Waals surface area contributed by atoms with Gasteiger partial charge in [0.2, 0.25) is 5.89 Å². The van der Waals surface area contributed by atoms with Crippen LogP contribution in [0.2, 0.25) is 0 Å². The number of fused-ring (bicyclic) bond motifs is 2. The molecule has 0 atom stereocenters. The molecule has 4 rings (SSSR count). The number of imide groups is 1. The quantitative estimate of drug-likeness (QED) is 0.394. The van der Waals surface area contributed by atoms with Gasteiger partial charge >= 0.3 is 5.97 Å².